The van der Waals surface area contributed by atoms with E-state index < -0.39 is 0 Å². The Morgan fingerprint density at radius 3 is 2.33 bits per heavy atom. The van der Waals surface area contributed by atoms with Crippen LogP contribution in [0.1, 0.15) is 45.7 Å². The third kappa shape index (κ3) is 4.73. The predicted octanol–water partition coefficient (Wildman–Crippen LogP) is 7.61. The van der Waals surface area contributed by atoms with Gasteiger partial charge in [-0.2, -0.15) is 0 Å². The number of fused-ring (bicyclic) bond motifs is 3. The Balaban J connectivity index is 0.000000200. The molecule has 3 nitrogen and oxygen atoms in total. The Morgan fingerprint density at radius 1 is 0.846 bits per heavy atom. The van der Waals surface area contributed by atoms with Gasteiger partial charge < -0.3 is 14.1 Å². The molecule has 0 bridgehead atoms. The number of nitrogens with zero attached hydrogens (tertiary/aromatic N) is 3. The van der Waals surface area contributed by atoms with Gasteiger partial charge in [-0.1, -0.05) is 56.3 Å². The van der Waals surface area contributed by atoms with Gasteiger partial charge in [-0.05, 0) is 49.2 Å². The molecule has 3 heterocycles. The first-order valence-electron chi connectivity index (χ1n) is 13.1. The number of benzene rings is 4. The molecule has 0 saturated carbocycles. The van der Waals surface area contributed by atoms with Crippen molar-refractivity contribution in [2.24, 2.45) is 0 Å². The van der Waals surface area contributed by atoms with Gasteiger partial charge in [0.25, 0.3) is 0 Å². The summed E-state index contributed by atoms with van der Waals surface area (Å²) in [6, 6.07) is 38.0. The van der Waals surface area contributed by atoms with E-state index in [9.17, 15) is 0 Å². The van der Waals surface area contributed by atoms with E-state index in [-0.39, 0.29) is 31.1 Å². The van der Waals surface area contributed by atoms with Gasteiger partial charge in [0, 0.05) is 6.20 Å². The van der Waals surface area contributed by atoms with Crippen molar-refractivity contribution in [3.8, 4) is 16.9 Å². The number of hydrogen-bond donors (Lipinski definition) is 0. The molecular formula is C35H31IrN3+. The quantitative estimate of drug-likeness (QED) is 0.129. The monoisotopic (exact) mass is 686 g/mol. The van der Waals surface area contributed by atoms with Crippen LogP contribution in [0, 0.1) is 18.5 Å². The van der Waals surface area contributed by atoms with Gasteiger partial charge in [-0.3, -0.25) is 0 Å². The molecule has 7 rings (SSSR count). The molecule has 39 heavy (non-hydrogen) atoms. The molecule has 0 aliphatic carbocycles. The van der Waals surface area contributed by atoms with E-state index >= 15 is 0 Å². The molecule has 194 valence electrons. The molecule has 0 N–H and O–H groups in total. The molecule has 0 fully saturated rings. The Hall–Kier alpha value is -3.59. The van der Waals surface area contributed by atoms with Crippen LogP contribution < -0.4 is 4.57 Å². The average molecular weight is 686 g/mol. The Labute approximate surface area is 244 Å². The largest absolute Gasteiger partial charge is 3.00 e. The molecule has 1 aliphatic heterocycles. The van der Waals surface area contributed by atoms with Crippen LogP contribution in [0.5, 0.6) is 0 Å². The summed E-state index contributed by atoms with van der Waals surface area (Å²) in [5.41, 5.74) is 8.17. The van der Waals surface area contributed by atoms with E-state index in [0.717, 1.165) is 22.3 Å². The maximum absolute atomic E-state index is 4.22. The van der Waals surface area contributed by atoms with Crippen molar-refractivity contribution in [3.63, 3.8) is 0 Å². The summed E-state index contributed by atoms with van der Waals surface area (Å²) in [6.45, 7) is 11.3. The average Bonchev–Trinajstić information content (AvgIpc) is 3.34. The third-order valence-electron chi connectivity index (χ3n) is 7.34. The van der Waals surface area contributed by atoms with Crippen LogP contribution in [0.2, 0.25) is 0 Å². The van der Waals surface area contributed by atoms with Gasteiger partial charge in [0.2, 0.25) is 6.33 Å². The van der Waals surface area contributed by atoms with Crippen molar-refractivity contribution in [1.82, 2.24) is 9.55 Å². The Bertz CT molecular complexity index is 1720. The Morgan fingerprint density at radius 2 is 1.62 bits per heavy atom. The number of pyridine rings is 1. The van der Waals surface area contributed by atoms with Gasteiger partial charge in [0.05, 0.1) is 16.6 Å². The van der Waals surface area contributed by atoms with E-state index in [1.807, 2.05) is 42.5 Å². The predicted molar refractivity (Wildman–Crippen MR) is 154 cm³/mol. The molecule has 6 aromatic rings. The van der Waals surface area contributed by atoms with E-state index in [2.05, 4.69) is 116 Å². The second kappa shape index (κ2) is 10.2. The first-order chi connectivity index (χ1) is 18.2. The standard InChI is InChI=1S/C24H23N2.C11H8N.Ir/c1-23(2,3)26-15-25-21-14-17-10-7-6-9-16(17)13-19(21)24(4,5)18-11-8-12-20(26)22(18)25;1-2-6-10(7-3-1)11-8-4-5-9-12-11;/h6-13H,1-5H3;1-6,8-9H;/q2*-1;+3. The fraction of sp³-hybridized carbons (Fsp3) is 0.200. The molecule has 0 radical (unpaired) electrons. The summed E-state index contributed by atoms with van der Waals surface area (Å²) in [5, 5.41) is 2.39. The SMILES string of the molecule is CC1(C)c2cc3ccccc3[c-]c2-[n+]2[c-]n(C(C)(C)C)c3cccc1c32.[Ir+3].[c-]1ccccc1-c1ccccn1. The molecule has 2 aromatic heterocycles. The zero-order chi connectivity index (χ0) is 26.5. The van der Waals surface area contributed by atoms with Crippen LogP contribution in [0.4, 0.5) is 0 Å². The van der Waals surface area contributed by atoms with Crippen molar-refractivity contribution in [1.29, 1.82) is 0 Å². The maximum atomic E-state index is 4.22. The molecule has 0 amide bonds. The first-order valence-corrected chi connectivity index (χ1v) is 13.1. The van der Waals surface area contributed by atoms with Crippen LogP contribution in [0.25, 0.3) is 38.8 Å². The van der Waals surface area contributed by atoms with Gasteiger partial charge in [-0.25, -0.2) is 0 Å². The van der Waals surface area contributed by atoms with Crippen LogP contribution in [-0.2, 0) is 31.1 Å². The minimum absolute atomic E-state index is 0. The number of hydrogen-bond acceptors (Lipinski definition) is 1. The van der Waals surface area contributed by atoms with Crippen LogP contribution >= 0.6 is 0 Å². The molecule has 0 spiro atoms. The normalized spacial score (nSPS) is 13.3. The molecule has 4 heteroatoms. The number of rotatable bonds is 1. The smallest absolute Gasteiger partial charge is 0.335 e. The van der Waals surface area contributed by atoms with E-state index in [1.54, 1.807) is 6.20 Å². The van der Waals surface area contributed by atoms with Gasteiger partial charge in [-0.15, -0.1) is 76.5 Å². The summed E-state index contributed by atoms with van der Waals surface area (Å²) < 4.78 is 4.49. The minimum Gasteiger partial charge on any atom is -0.335 e. The minimum atomic E-state index is -0.0761. The second-order valence-corrected chi connectivity index (χ2v) is 11.4. The zero-order valence-corrected chi connectivity index (χ0v) is 25.3. The summed E-state index contributed by atoms with van der Waals surface area (Å²) in [5.74, 6) is 0. The number of imidazole rings is 1. The van der Waals surface area contributed by atoms with E-state index in [4.69, 9.17) is 0 Å². The summed E-state index contributed by atoms with van der Waals surface area (Å²) in [6.07, 6.45) is 5.42. The zero-order valence-electron chi connectivity index (χ0n) is 22.9. The summed E-state index contributed by atoms with van der Waals surface area (Å²) in [7, 11) is 0. The molecule has 0 unspecified atom stereocenters. The number of aromatic nitrogens is 3. The van der Waals surface area contributed by atoms with E-state index in [0.29, 0.717) is 0 Å². The fourth-order valence-corrected chi connectivity index (χ4v) is 5.36. The second-order valence-electron chi connectivity index (χ2n) is 11.4. The summed E-state index contributed by atoms with van der Waals surface area (Å²) in [4.78, 5) is 4.22. The third-order valence-corrected chi connectivity index (χ3v) is 7.34. The topological polar surface area (TPSA) is 21.7 Å². The van der Waals surface area contributed by atoms with Crippen molar-refractivity contribution < 1.29 is 24.7 Å². The first kappa shape index (κ1) is 27.0. The molecular weight excluding hydrogens is 655 g/mol. The molecule has 4 aromatic carbocycles. The molecule has 0 saturated heterocycles. The fourth-order valence-electron chi connectivity index (χ4n) is 5.36. The molecule has 1 aliphatic rings. The van der Waals surface area contributed by atoms with Crippen molar-refractivity contribution >= 4 is 21.8 Å². The van der Waals surface area contributed by atoms with E-state index in [1.165, 1.54) is 27.5 Å². The van der Waals surface area contributed by atoms with Gasteiger partial charge in [0.1, 0.15) is 0 Å². The van der Waals surface area contributed by atoms with Crippen molar-refractivity contribution in [2.75, 3.05) is 0 Å². The summed E-state index contributed by atoms with van der Waals surface area (Å²) >= 11 is 0. The van der Waals surface area contributed by atoms with Crippen LogP contribution in [0.15, 0.2) is 97.2 Å². The van der Waals surface area contributed by atoms with Crippen molar-refractivity contribution in [3.05, 3.63) is 127 Å². The maximum Gasteiger partial charge on any atom is 3.00 e. The van der Waals surface area contributed by atoms with Crippen LogP contribution in [0.3, 0.4) is 0 Å². The van der Waals surface area contributed by atoms with Crippen molar-refractivity contribution in [2.45, 2.75) is 45.6 Å². The van der Waals surface area contributed by atoms with Gasteiger partial charge >= 0.3 is 20.1 Å². The Kier molecular flexibility index (Phi) is 7.05. The molecule has 0 atom stereocenters. The number of para-hydroxylation sites is 1. The van der Waals surface area contributed by atoms with Crippen LogP contribution in [-0.4, -0.2) is 9.55 Å². The van der Waals surface area contributed by atoms with Gasteiger partial charge in [0.15, 0.2) is 0 Å².